The zero-order valence-corrected chi connectivity index (χ0v) is 17.1. The van der Waals surface area contributed by atoms with Gasteiger partial charge in [-0.3, -0.25) is 19.2 Å². The summed E-state index contributed by atoms with van der Waals surface area (Å²) in [6.45, 7) is 5.70. The third-order valence-electron chi connectivity index (χ3n) is 4.53. The Morgan fingerprint density at radius 3 is 2.40 bits per heavy atom. The van der Waals surface area contributed by atoms with E-state index in [4.69, 9.17) is 0 Å². The van der Waals surface area contributed by atoms with Crippen molar-refractivity contribution >= 4 is 34.9 Å². The Balaban J connectivity index is 1.78. The van der Waals surface area contributed by atoms with Gasteiger partial charge in [-0.25, -0.2) is 0 Å². The minimum absolute atomic E-state index is 0.0366. The number of carbonyl (C=O) groups excluding carboxylic acids is 4. The molecule has 0 bridgehead atoms. The fourth-order valence-corrected chi connectivity index (χ4v) is 3.16. The zero-order valence-electron chi connectivity index (χ0n) is 17.1. The number of Topliss-reactive ketones (excluding diaryl/α,β-unsaturated/α-hetero) is 1. The molecule has 7 nitrogen and oxygen atoms in total. The van der Waals surface area contributed by atoms with E-state index in [1.165, 1.54) is 17.0 Å². The van der Waals surface area contributed by atoms with Crippen molar-refractivity contribution in [3.63, 3.8) is 0 Å². The fourth-order valence-electron chi connectivity index (χ4n) is 3.16. The highest BCUT2D eigenvalue weighted by molar-refractivity contribution is 6.52. The summed E-state index contributed by atoms with van der Waals surface area (Å²) in [5.41, 5.74) is 2.51. The number of allylic oxidation sites excluding steroid dienone is 1. The molecule has 1 aliphatic rings. The van der Waals surface area contributed by atoms with Gasteiger partial charge in [-0.1, -0.05) is 18.2 Å². The van der Waals surface area contributed by atoms with E-state index in [0.29, 0.717) is 16.9 Å². The second kappa shape index (κ2) is 8.73. The highest BCUT2D eigenvalue weighted by Gasteiger charge is 2.36. The van der Waals surface area contributed by atoms with Gasteiger partial charge in [0.25, 0.3) is 17.6 Å². The van der Waals surface area contributed by atoms with Crippen molar-refractivity contribution in [2.24, 2.45) is 0 Å². The Labute approximate surface area is 174 Å². The SMILES string of the molecule is CC=CC(=O)Nc1ccc2c(c1)C(=O)C(=O)N2Cc1ccc(C(=O)NC(C)C)cc1. The van der Waals surface area contributed by atoms with Crippen molar-refractivity contribution in [3.05, 3.63) is 71.3 Å². The highest BCUT2D eigenvalue weighted by Crippen LogP contribution is 2.32. The van der Waals surface area contributed by atoms with Crippen LogP contribution < -0.4 is 15.5 Å². The van der Waals surface area contributed by atoms with Crippen LogP contribution in [0, 0.1) is 0 Å². The molecule has 0 saturated heterocycles. The lowest BCUT2D eigenvalue weighted by Crippen LogP contribution is -2.30. The van der Waals surface area contributed by atoms with Crippen molar-refractivity contribution in [1.29, 1.82) is 0 Å². The minimum Gasteiger partial charge on any atom is -0.350 e. The van der Waals surface area contributed by atoms with Gasteiger partial charge in [0.05, 0.1) is 17.8 Å². The standard InChI is InChI=1S/C23H23N3O4/c1-4-5-20(27)25-17-10-11-19-18(12-17)21(28)23(30)26(19)13-15-6-8-16(9-7-15)22(29)24-14(2)3/h4-12,14H,13H2,1-3H3,(H,24,29)(H,25,27). The normalized spacial score (nSPS) is 13.1. The molecular weight excluding hydrogens is 382 g/mol. The molecule has 0 fully saturated rings. The Morgan fingerprint density at radius 2 is 1.77 bits per heavy atom. The Hall–Kier alpha value is -3.74. The summed E-state index contributed by atoms with van der Waals surface area (Å²) < 4.78 is 0. The van der Waals surface area contributed by atoms with Crippen LogP contribution >= 0.6 is 0 Å². The van der Waals surface area contributed by atoms with Gasteiger partial charge in [0.15, 0.2) is 0 Å². The lowest BCUT2D eigenvalue weighted by Gasteiger charge is -2.17. The maximum Gasteiger partial charge on any atom is 0.299 e. The quantitative estimate of drug-likeness (QED) is 0.570. The molecule has 3 rings (SSSR count). The maximum atomic E-state index is 12.5. The van der Waals surface area contributed by atoms with Gasteiger partial charge in [0, 0.05) is 17.3 Å². The molecular formula is C23H23N3O4. The molecule has 154 valence electrons. The van der Waals surface area contributed by atoms with Crippen molar-refractivity contribution in [2.45, 2.75) is 33.4 Å². The molecule has 0 radical (unpaired) electrons. The number of anilines is 2. The van der Waals surface area contributed by atoms with E-state index in [2.05, 4.69) is 10.6 Å². The van der Waals surface area contributed by atoms with Crippen molar-refractivity contribution in [2.75, 3.05) is 10.2 Å². The number of hydrogen-bond donors (Lipinski definition) is 2. The number of amides is 3. The lowest BCUT2D eigenvalue weighted by atomic mass is 10.1. The number of hydrogen-bond acceptors (Lipinski definition) is 4. The van der Waals surface area contributed by atoms with E-state index in [-0.39, 0.29) is 30.0 Å². The van der Waals surface area contributed by atoms with E-state index in [9.17, 15) is 19.2 Å². The molecule has 30 heavy (non-hydrogen) atoms. The molecule has 0 aromatic heterocycles. The van der Waals surface area contributed by atoms with Crippen LogP contribution in [0.25, 0.3) is 0 Å². The molecule has 2 aromatic carbocycles. The lowest BCUT2D eigenvalue weighted by molar-refractivity contribution is -0.114. The largest absolute Gasteiger partial charge is 0.350 e. The topological polar surface area (TPSA) is 95.6 Å². The Morgan fingerprint density at radius 1 is 1.07 bits per heavy atom. The van der Waals surface area contributed by atoms with Gasteiger partial charge in [-0.2, -0.15) is 0 Å². The molecule has 3 amide bonds. The number of nitrogens with one attached hydrogen (secondary N) is 2. The van der Waals surface area contributed by atoms with Gasteiger partial charge in [0.1, 0.15) is 0 Å². The van der Waals surface area contributed by atoms with Gasteiger partial charge in [-0.05, 0) is 62.7 Å². The molecule has 0 aliphatic carbocycles. The molecule has 7 heteroatoms. The van der Waals surface area contributed by atoms with Gasteiger partial charge >= 0.3 is 0 Å². The van der Waals surface area contributed by atoms with Crippen LogP contribution in [-0.2, 0) is 16.1 Å². The summed E-state index contributed by atoms with van der Waals surface area (Å²) in [6.07, 6.45) is 2.98. The Kier molecular flexibility index (Phi) is 6.11. The number of fused-ring (bicyclic) bond motifs is 1. The predicted molar refractivity (Wildman–Crippen MR) is 114 cm³/mol. The molecule has 1 heterocycles. The maximum absolute atomic E-state index is 12.5. The smallest absolute Gasteiger partial charge is 0.299 e. The summed E-state index contributed by atoms with van der Waals surface area (Å²) in [7, 11) is 0. The molecule has 2 aromatic rings. The number of benzene rings is 2. The third kappa shape index (κ3) is 4.46. The van der Waals surface area contributed by atoms with E-state index in [0.717, 1.165) is 5.56 Å². The number of rotatable bonds is 6. The molecule has 0 atom stereocenters. The summed E-state index contributed by atoms with van der Waals surface area (Å²) >= 11 is 0. The summed E-state index contributed by atoms with van der Waals surface area (Å²) in [5.74, 6) is -1.71. The van der Waals surface area contributed by atoms with E-state index < -0.39 is 11.7 Å². The van der Waals surface area contributed by atoms with Crippen LogP contribution in [0.2, 0.25) is 0 Å². The third-order valence-corrected chi connectivity index (χ3v) is 4.53. The Bertz CT molecular complexity index is 1040. The highest BCUT2D eigenvalue weighted by atomic mass is 16.2. The van der Waals surface area contributed by atoms with Gasteiger partial charge in [-0.15, -0.1) is 0 Å². The van der Waals surface area contributed by atoms with E-state index >= 15 is 0 Å². The number of carbonyl (C=O) groups is 4. The molecule has 1 aliphatic heterocycles. The molecule has 0 unspecified atom stereocenters. The average molecular weight is 405 g/mol. The summed E-state index contributed by atoms with van der Waals surface area (Å²) in [4.78, 5) is 50.1. The van der Waals surface area contributed by atoms with Crippen LogP contribution in [0.1, 0.15) is 47.1 Å². The first-order chi connectivity index (χ1) is 14.3. The monoisotopic (exact) mass is 405 g/mol. The second-order valence-corrected chi connectivity index (χ2v) is 7.27. The van der Waals surface area contributed by atoms with E-state index in [1.807, 2.05) is 13.8 Å². The first kappa shape index (κ1) is 21.0. The molecule has 0 spiro atoms. The fraction of sp³-hybridized carbons (Fsp3) is 0.217. The van der Waals surface area contributed by atoms with Crippen LogP contribution in [0.3, 0.4) is 0 Å². The number of nitrogens with zero attached hydrogens (tertiary/aromatic N) is 1. The van der Waals surface area contributed by atoms with E-state index in [1.54, 1.807) is 49.4 Å². The van der Waals surface area contributed by atoms with Crippen LogP contribution in [0.15, 0.2) is 54.6 Å². The van der Waals surface area contributed by atoms with Gasteiger partial charge in [0.2, 0.25) is 5.91 Å². The van der Waals surface area contributed by atoms with Gasteiger partial charge < -0.3 is 15.5 Å². The van der Waals surface area contributed by atoms with Crippen LogP contribution in [0.5, 0.6) is 0 Å². The average Bonchev–Trinajstić information content (AvgIpc) is 2.93. The molecule has 0 saturated carbocycles. The number of ketones is 1. The second-order valence-electron chi connectivity index (χ2n) is 7.27. The van der Waals surface area contributed by atoms with Crippen LogP contribution in [-0.4, -0.2) is 29.5 Å². The zero-order chi connectivity index (χ0) is 21.8. The molecule has 2 N–H and O–H groups in total. The van der Waals surface area contributed by atoms with Crippen LogP contribution in [0.4, 0.5) is 11.4 Å². The summed E-state index contributed by atoms with van der Waals surface area (Å²) in [5, 5.41) is 5.48. The summed E-state index contributed by atoms with van der Waals surface area (Å²) in [6, 6.07) is 11.7. The predicted octanol–water partition coefficient (Wildman–Crippen LogP) is 3.07. The first-order valence-corrected chi connectivity index (χ1v) is 9.64. The minimum atomic E-state index is -0.622. The van der Waals surface area contributed by atoms with Crippen molar-refractivity contribution in [3.8, 4) is 0 Å². The van der Waals surface area contributed by atoms with Crippen molar-refractivity contribution < 1.29 is 19.2 Å². The van der Waals surface area contributed by atoms with Crippen molar-refractivity contribution in [1.82, 2.24) is 5.32 Å². The first-order valence-electron chi connectivity index (χ1n) is 9.64.